The van der Waals surface area contributed by atoms with Crippen LogP contribution in [-0.4, -0.2) is 33.7 Å². The molecule has 0 bridgehead atoms. The first-order valence-corrected chi connectivity index (χ1v) is 10.7. The van der Waals surface area contributed by atoms with Crippen molar-refractivity contribution in [2.24, 2.45) is 7.05 Å². The number of fused-ring (bicyclic) bond motifs is 3. The maximum atomic E-state index is 13.3. The van der Waals surface area contributed by atoms with Crippen molar-refractivity contribution in [1.29, 1.82) is 0 Å². The number of nitrogens with zero attached hydrogens (tertiary/aromatic N) is 3. The lowest BCUT2D eigenvalue weighted by atomic mass is 9.99. The van der Waals surface area contributed by atoms with E-state index < -0.39 is 0 Å². The van der Waals surface area contributed by atoms with Crippen molar-refractivity contribution in [2.75, 3.05) is 13.1 Å². The van der Waals surface area contributed by atoms with Crippen molar-refractivity contribution < 1.29 is 4.79 Å². The van der Waals surface area contributed by atoms with Gasteiger partial charge in [-0.2, -0.15) is 5.10 Å². The molecule has 142 valence electrons. The standard InChI is InChI=1S/C23H23N3OS/c1-15-8-9-20-18(12-15)22-19(14-28-20)21(24-25(22)2)23(27)26-11-10-17(13-26)16-6-4-3-5-7-16/h3-9,12,17H,10-11,13-14H2,1-2H3. The number of carbonyl (C=O) groups is 1. The molecular weight excluding hydrogens is 366 g/mol. The van der Waals surface area contributed by atoms with Gasteiger partial charge in [-0.05, 0) is 31.0 Å². The average molecular weight is 390 g/mol. The molecule has 1 saturated heterocycles. The molecule has 5 heteroatoms. The zero-order chi connectivity index (χ0) is 19.3. The normalized spacial score (nSPS) is 18.1. The van der Waals surface area contributed by atoms with E-state index in [-0.39, 0.29) is 5.91 Å². The van der Waals surface area contributed by atoms with Crippen LogP contribution in [0.4, 0.5) is 0 Å². The highest BCUT2D eigenvalue weighted by Gasteiger charge is 2.33. The highest BCUT2D eigenvalue weighted by atomic mass is 32.2. The number of thioether (sulfide) groups is 1. The molecule has 1 aromatic heterocycles. The van der Waals surface area contributed by atoms with Crippen LogP contribution in [0.2, 0.25) is 0 Å². The molecule has 4 nitrogen and oxygen atoms in total. The molecule has 2 aliphatic heterocycles. The quantitative estimate of drug-likeness (QED) is 0.641. The molecule has 1 amide bonds. The molecule has 5 rings (SSSR count). The third-order valence-corrected chi connectivity index (χ3v) is 6.96. The topological polar surface area (TPSA) is 38.1 Å². The van der Waals surface area contributed by atoms with Crippen LogP contribution < -0.4 is 0 Å². The molecule has 1 atom stereocenters. The summed E-state index contributed by atoms with van der Waals surface area (Å²) in [6, 6.07) is 17.0. The minimum atomic E-state index is 0.0759. The third kappa shape index (κ3) is 2.85. The number of hydrogen-bond donors (Lipinski definition) is 0. The fourth-order valence-corrected chi connectivity index (χ4v) is 5.46. The van der Waals surface area contributed by atoms with E-state index in [0.717, 1.165) is 36.5 Å². The van der Waals surface area contributed by atoms with Crippen molar-refractivity contribution in [3.05, 3.63) is 70.9 Å². The van der Waals surface area contributed by atoms with Gasteiger partial charge in [-0.15, -0.1) is 11.8 Å². The van der Waals surface area contributed by atoms with Crippen LogP contribution in [0, 0.1) is 6.92 Å². The molecular formula is C23H23N3OS. The van der Waals surface area contributed by atoms with E-state index in [1.54, 1.807) is 11.8 Å². The largest absolute Gasteiger partial charge is 0.337 e. The Balaban J connectivity index is 1.46. The van der Waals surface area contributed by atoms with Crippen molar-refractivity contribution in [3.8, 4) is 11.3 Å². The number of carbonyl (C=O) groups excluding carboxylic acids is 1. The van der Waals surface area contributed by atoms with E-state index in [2.05, 4.69) is 54.5 Å². The van der Waals surface area contributed by atoms with Crippen molar-refractivity contribution in [1.82, 2.24) is 14.7 Å². The molecule has 28 heavy (non-hydrogen) atoms. The SMILES string of the molecule is Cc1ccc2c(c1)-c1c(c(C(=O)N3CCC(c4ccccc4)C3)nn1C)CS2. The van der Waals surface area contributed by atoms with Gasteiger partial charge in [0.25, 0.3) is 5.91 Å². The van der Waals surface area contributed by atoms with Crippen LogP contribution in [0.1, 0.15) is 39.5 Å². The Bertz CT molecular complexity index is 1060. The number of likely N-dealkylation sites (tertiary alicyclic amines) is 1. The lowest BCUT2D eigenvalue weighted by molar-refractivity contribution is 0.0783. The van der Waals surface area contributed by atoms with E-state index in [0.29, 0.717) is 11.6 Å². The van der Waals surface area contributed by atoms with E-state index in [9.17, 15) is 4.79 Å². The lowest BCUT2D eigenvalue weighted by Gasteiger charge is -2.19. The maximum Gasteiger partial charge on any atom is 0.274 e. The average Bonchev–Trinajstić information content (AvgIpc) is 3.33. The number of aryl methyl sites for hydroxylation is 2. The summed E-state index contributed by atoms with van der Waals surface area (Å²) in [6.07, 6.45) is 1.02. The first-order valence-electron chi connectivity index (χ1n) is 9.75. The van der Waals surface area contributed by atoms with Gasteiger partial charge in [-0.1, -0.05) is 42.0 Å². The predicted octanol–water partition coefficient (Wildman–Crippen LogP) is 4.63. The summed E-state index contributed by atoms with van der Waals surface area (Å²) in [5.41, 5.74) is 6.56. The number of aromatic nitrogens is 2. The maximum absolute atomic E-state index is 13.3. The second-order valence-electron chi connectivity index (χ2n) is 7.74. The molecule has 1 unspecified atom stereocenters. The predicted molar refractivity (Wildman–Crippen MR) is 113 cm³/mol. The van der Waals surface area contributed by atoms with Crippen molar-refractivity contribution >= 4 is 17.7 Å². The van der Waals surface area contributed by atoms with Gasteiger partial charge in [0.15, 0.2) is 5.69 Å². The molecule has 2 aromatic carbocycles. The Morgan fingerprint density at radius 1 is 1.18 bits per heavy atom. The van der Waals surface area contributed by atoms with Crippen LogP contribution in [-0.2, 0) is 12.8 Å². The van der Waals surface area contributed by atoms with Gasteiger partial charge < -0.3 is 4.90 Å². The highest BCUT2D eigenvalue weighted by Crippen LogP contribution is 2.43. The Labute approximate surface area is 169 Å². The highest BCUT2D eigenvalue weighted by molar-refractivity contribution is 7.98. The fourth-order valence-electron chi connectivity index (χ4n) is 4.41. The van der Waals surface area contributed by atoms with Gasteiger partial charge in [-0.3, -0.25) is 9.48 Å². The second-order valence-corrected chi connectivity index (χ2v) is 8.75. The minimum Gasteiger partial charge on any atom is -0.337 e. The van der Waals surface area contributed by atoms with Crippen LogP contribution in [0.15, 0.2) is 53.4 Å². The van der Waals surface area contributed by atoms with Gasteiger partial charge in [0, 0.05) is 47.8 Å². The Morgan fingerprint density at radius 3 is 2.82 bits per heavy atom. The van der Waals surface area contributed by atoms with Gasteiger partial charge in [0.2, 0.25) is 0 Å². The van der Waals surface area contributed by atoms with Crippen LogP contribution in [0.5, 0.6) is 0 Å². The van der Waals surface area contributed by atoms with E-state index in [4.69, 9.17) is 0 Å². The summed E-state index contributed by atoms with van der Waals surface area (Å²) in [7, 11) is 1.95. The first-order chi connectivity index (χ1) is 13.6. The second kappa shape index (κ2) is 6.82. The minimum absolute atomic E-state index is 0.0759. The van der Waals surface area contributed by atoms with E-state index in [1.165, 1.54) is 21.6 Å². The van der Waals surface area contributed by atoms with Crippen LogP contribution >= 0.6 is 11.8 Å². The fraction of sp³-hybridized carbons (Fsp3) is 0.304. The number of rotatable bonds is 2. The van der Waals surface area contributed by atoms with E-state index >= 15 is 0 Å². The third-order valence-electron chi connectivity index (χ3n) is 5.86. The molecule has 0 saturated carbocycles. The molecule has 3 heterocycles. The van der Waals surface area contributed by atoms with Crippen molar-refractivity contribution in [3.63, 3.8) is 0 Å². The molecule has 1 fully saturated rings. The van der Waals surface area contributed by atoms with Crippen molar-refractivity contribution in [2.45, 2.75) is 29.9 Å². The first kappa shape index (κ1) is 17.6. The van der Waals surface area contributed by atoms with Gasteiger partial charge in [0.1, 0.15) is 0 Å². The van der Waals surface area contributed by atoms with Gasteiger partial charge >= 0.3 is 0 Å². The molecule has 2 aliphatic rings. The molecule has 3 aromatic rings. The summed E-state index contributed by atoms with van der Waals surface area (Å²) in [5.74, 6) is 1.30. The monoisotopic (exact) mass is 389 g/mol. The smallest absolute Gasteiger partial charge is 0.274 e. The molecule has 0 radical (unpaired) electrons. The summed E-state index contributed by atoms with van der Waals surface area (Å²) >= 11 is 1.80. The lowest BCUT2D eigenvalue weighted by Crippen LogP contribution is -2.29. The zero-order valence-corrected chi connectivity index (χ0v) is 17.0. The van der Waals surface area contributed by atoms with Gasteiger partial charge in [-0.25, -0.2) is 0 Å². The zero-order valence-electron chi connectivity index (χ0n) is 16.2. The molecule has 0 aliphatic carbocycles. The number of amides is 1. The van der Waals surface area contributed by atoms with Crippen LogP contribution in [0.25, 0.3) is 11.3 Å². The Kier molecular flexibility index (Phi) is 4.27. The summed E-state index contributed by atoms with van der Waals surface area (Å²) in [6.45, 7) is 3.68. The Morgan fingerprint density at radius 2 is 2.00 bits per heavy atom. The molecule has 0 spiro atoms. The summed E-state index contributed by atoms with van der Waals surface area (Å²) < 4.78 is 1.89. The Hall–Kier alpha value is -2.53. The number of hydrogen-bond acceptors (Lipinski definition) is 3. The summed E-state index contributed by atoms with van der Waals surface area (Å²) in [5, 5.41) is 4.68. The molecule has 0 N–H and O–H groups in total. The van der Waals surface area contributed by atoms with Gasteiger partial charge in [0.05, 0.1) is 5.69 Å². The van der Waals surface area contributed by atoms with Crippen LogP contribution in [0.3, 0.4) is 0 Å². The van der Waals surface area contributed by atoms with E-state index in [1.807, 2.05) is 22.7 Å². The number of benzene rings is 2. The summed E-state index contributed by atoms with van der Waals surface area (Å²) in [4.78, 5) is 16.6.